The molecule has 2 aromatic carbocycles. The first kappa shape index (κ1) is 20.6. The van der Waals surface area contributed by atoms with Gasteiger partial charge < -0.3 is 10.6 Å². The van der Waals surface area contributed by atoms with E-state index in [1.807, 2.05) is 42.8 Å². The molecule has 0 radical (unpaired) electrons. The maximum Gasteiger partial charge on any atom is 0.175 e. The van der Waals surface area contributed by atoms with Gasteiger partial charge in [0.05, 0.1) is 23.6 Å². The predicted molar refractivity (Wildman–Crippen MR) is 123 cm³/mol. The van der Waals surface area contributed by atoms with Crippen LogP contribution in [-0.2, 0) is 6.54 Å². The number of hydrogen-bond acceptors (Lipinski definition) is 2. The number of halogens is 2. The van der Waals surface area contributed by atoms with Gasteiger partial charge in [-0.15, -0.1) is 0 Å². The van der Waals surface area contributed by atoms with E-state index >= 15 is 0 Å². The Labute approximate surface area is 180 Å². The van der Waals surface area contributed by atoms with Crippen LogP contribution in [0.2, 0.25) is 10.0 Å². The number of aryl methyl sites for hydroxylation is 3. The predicted octanol–water partition coefficient (Wildman–Crippen LogP) is 6.28. The number of aromatic nitrogens is 2. The van der Waals surface area contributed by atoms with E-state index in [-0.39, 0.29) is 0 Å². The quantitative estimate of drug-likeness (QED) is 0.475. The van der Waals surface area contributed by atoms with Crippen LogP contribution in [0.1, 0.15) is 28.1 Å². The molecular weight excluding hydrogens is 411 g/mol. The summed E-state index contributed by atoms with van der Waals surface area (Å²) in [6, 6.07) is 11.7. The lowest BCUT2D eigenvalue weighted by Gasteiger charge is -2.13. The molecule has 1 aromatic heterocycles. The van der Waals surface area contributed by atoms with E-state index in [1.165, 1.54) is 11.1 Å². The number of anilines is 2. The van der Waals surface area contributed by atoms with Crippen LogP contribution in [0.5, 0.6) is 0 Å². The first-order valence-electron chi connectivity index (χ1n) is 8.88. The molecule has 0 saturated carbocycles. The molecule has 0 bridgehead atoms. The topological polar surface area (TPSA) is 41.9 Å². The fourth-order valence-electron chi connectivity index (χ4n) is 2.96. The van der Waals surface area contributed by atoms with Crippen molar-refractivity contribution in [2.45, 2.75) is 34.2 Å². The molecule has 3 rings (SSSR count). The molecule has 0 amide bonds. The molecule has 146 valence electrons. The van der Waals surface area contributed by atoms with E-state index in [2.05, 4.69) is 41.7 Å². The second-order valence-electron chi connectivity index (χ2n) is 6.78. The molecule has 0 spiro atoms. The van der Waals surface area contributed by atoms with Crippen LogP contribution in [0.3, 0.4) is 0 Å². The van der Waals surface area contributed by atoms with Gasteiger partial charge in [-0.2, -0.15) is 5.10 Å². The van der Waals surface area contributed by atoms with Gasteiger partial charge in [0.15, 0.2) is 5.11 Å². The van der Waals surface area contributed by atoms with Gasteiger partial charge in [-0.05, 0) is 75.3 Å². The van der Waals surface area contributed by atoms with E-state index in [0.717, 1.165) is 28.3 Å². The van der Waals surface area contributed by atoms with E-state index in [1.54, 1.807) is 0 Å². The fraction of sp³-hybridized carbons (Fsp3) is 0.238. The highest BCUT2D eigenvalue weighted by Gasteiger charge is 2.15. The highest BCUT2D eigenvalue weighted by molar-refractivity contribution is 7.80. The summed E-state index contributed by atoms with van der Waals surface area (Å²) in [5, 5.41) is 12.9. The molecule has 0 atom stereocenters. The van der Waals surface area contributed by atoms with Crippen LogP contribution in [0.25, 0.3) is 0 Å². The zero-order chi connectivity index (χ0) is 20.4. The Morgan fingerprint density at radius 3 is 2.32 bits per heavy atom. The lowest BCUT2D eigenvalue weighted by atomic mass is 10.1. The lowest BCUT2D eigenvalue weighted by molar-refractivity contribution is 0.659. The van der Waals surface area contributed by atoms with Gasteiger partial charge in [-0.25, -0.2) is 0 Å². The summed E-state index contributed by atoms with van der Waals surface area (Å²) in [6.45, 7) is 8.59. The minimum Gasteiger partial charge on any atom is -0.332 e. The second-order valence-corrected chi connectivity index (χ2v) is 8.00. The Morgan fingerprint density at radius 2 is 1.68 bits per heavy atom. The maximum atomic E-state index is 6.30. The molecule has 0 unspecified atom stereocenters. The highest BCUT2D eigenvalue weighted by atomic mass is 35.5. The first-order chi connectivity index (χ1) is 13.3. The molecule has 0 aliphatic rings. The van der Waals surface area contributed by atoms with Crippen LogP contribution in [0, 0.1) is 27.7 Å². The monoisotopic (exact) mass is 432 g/mol. The number of hydrogen-bond donors (Lipinski definition) is 2. The summed E-state index contributed by atoms with van der Waals surface area (Å²) in [7, 11) is 0. The van der Waals surface area contributed by atoms with Crippen molar-refractivity contribution in [1.82, 2.24) is 9.78 Å². The molecule has 2 N–H and O–H groups in total. The minimum atomic E-state index is 0.490. The van der Waals surface area contributed by atoms with E-state index in [4.69, 9.17) is 35.4 Å². The van der Waals surface area contributed by atoms with E-state index in [0.29, 0.717) is 21.7 Å². The number of benzene rings is 2. The highest BCUT2D eigenvalue weighted by Crippen LogP contribution is 2.27. The SMILES string of the molecule is Cc1ccc(NC(=S)Nc2c(C)nn(Cc3c(Cl)cccc3Cl)c2C)cc1C. The summed E-state index contributed by atoms with van der Waals surface area (Å²) < 4.78 is 1.88. The molecule has 0 aliphatic heterocycles. The zero-order valence-corrected chi connectivity index (χ0v) is 18.6. The number of nitrogens with zero attached hydrogens (tertiary/aromatic N) is 2. The van der Waals surface area contributed by atoms with Gasteiger partial charge in [-0.3, -0.25) is 4.68 Å². The normalized spacial score (nSPS) is 10.8. The molecule has 4 nitrogen and oxygen atoms in total. The molecule has 7 heteroatoms. The summed E-state index contributed by atoms with van der Waals surface area (Å²) in [5.41, 5.74) is 6.94. The molecule has 28 heavy (non-hydrogen) atoms. The molecule has 1 heterocycles. The van der Waals surface area contributed by atoms with Gasteiger partial charge in [0, 0.05) is 21.3 Å². The van der Waals surface area contributed by atoms with Gasteiger partial charge in [0.2, 0.25) is 0 Å². The first-order valence-corrected chi connectivity index (χ1v) is 10.0. The van der Waals surface area contributed by atoms with Gasteiger partial charge in [0.25, 0.3) is 0 Å². The third-order valence-corrected chi connectivity index (χ3v) is 5.67. The van der Waals surface area contributed by atoms with Crippen molar-refractivity contribution in [3.05, 3.63) is 74.5 Å². The van der Waals surface area contributed by atoms with Crippen molar-refractivity contribution in [2.75, 3.05) is 10.6 Å². The van der Waals surface area contributed by atoms with E-state index in [9.17, 15) is 0 Å². The second kappa shape index (κ2) is 8.52. The van der Waals surface area contributed by atoms with Gasteiger partial charge >= 0.3 is 0 Å². The van der Waals surface area contributed by atoms with E-state index < -0.39 is 0 Å². The summed E-state index contributed by atoms with van der Waals surface area (Å²) in [4.78, 5) is 0. The lowest BCUT2D eigenvalue weighted by Crippen LogP contribution is -2.20. The summed E-state index contributed by atoms with van der Waals surface area (Å²) >= 11 is 18.1. The Bertz CT molecular complexity index is 1020. The minimum absolute atomic E-state index is 0.490. The Balaban J connectivity index is 1.78. The smallest absolute Gasteiger partial charge is 0.175 e. The number of nitrogens with one attached hydrogen (secondary N) is 2. The average Bonchev–Trinajstić information content (AvgIpc) is 2.89. The molecular formula is C21H22Cl2N4S. The van der Waals surface area contributed by atoms with Crippen molar-refractivity contribution >= 4 is 51.9 Å². The average molecular weight is 433 g/mol. The van der Waals surface area contributed by atoms with Crippen LogP contribution < -0.4 is 10.6 Å². The molecule has 0 saturated heterocycles. The molecule has 0 aliphatic carbocycles. The molecule has 3 aromatic rings. The third-order valence-electron chi connectivity index (χ3n) is 4.75. The van der Waals surface area contributed by atoms with Crippen LogP contribution in [0.4, 0.5) is 11.4 Å². The summed E-state index contributed by atoms with van der Waals surface area (Å²) in [6.07, 6.45) is 0. The third kappa shape index (κ3) is 4.49. The Morgan fingerprint density at radius 1 is 1.00 bits per heavy atom. The Kier molecular flexibility index (Phi) is 6.28. The van der Waals surface area contributed by atoms with Crippen LogP contribution in [-0.4, -0.2) is 14.9 Å². The zero-order valence-electron chi connectivity index (χ0n) is 16.2. The summed E-state index contributed by atoms with van der Waals surface area (Å²) in [5.74, 6) is 0. The maximum absolute atomic E-state index is 6.30. The fourth-order valence-corrected chi connectivity index (χ4v) is 3.70. The van der Waals surface area contributed by atoms with Crippen LogP contribution >= 0.6 is 35.4 Å². The van der Waals surface area contributed by atoms with Crippen LogP contribution in [0.15, 0.2) is 36.4 Å². The van der Waals surface area contributed by atoms with Crippen molar-refractivity contribution in [3.8, 4) is 0 Å². The number of rotatable bonds is 4. The van der Waals surface area contributed by atoms with Crippen molar-refractivity contribution < 1.29 is 0 Å². The van der Waals surface area contributed by atoms with Gasteiger partial charge in [0.1, 0.15) is 0 Å². The van der Waals surface area contributed by atoms with Crippen molar-refractivity contribution in [1.29, 1.82) is 0 Å². The van der Waals surface area contributed by atoms with Crippen molar-refractivity contribution in [2.24, 2.45) is 0 Å². The van der Waals surface area contributed by atoms with Crippen molar-refractivity contribution in [3.63, 3.8) is 0 Å². The van der Waals surface area contributed by atoms with Gasteiger partial charge in [-0.1, -0.05) is 35.3 Å². The largest absolute Gasteiger partial charge is 0.332 e. The molecule has 0 fully saturated rings. The standard InChI is InChI=1S/C21H22Cl2N4S/c1-12-8-9-16(10-13(12)2)24-21(28)25-20-14(3)26-27(15(20)4)11-17-18(22)6-5-7-19(17)23/h5-10H,11H2,1-4H3,(H2,24,25,28). The number of thiocarbonyl (C=S) groups is 1. The Hall–Kier alpha value is -2.08.